The van der Waals surface area contributed by atoms with E-state index in [4.69, 9.17) is 20.9 Å². The number of carbonyl (C=O) groups excluding carboxylic acids is 2. The molecule has 0 bridgehead atoms. The topological polar surface area (TPSA) is 117 Å². The van der Waals surface area contributed by atoms with Gasteiger partial charge in [-0.15, -0.1) is 0 Å². The Hall–Kier alpha value is -2.58. The summed E-state index contributed by atoms with van der Waals surface area (Å²) < 4.78 is 24.2. The molecule has 0 saturated carbocycles. The number of aliphatic imine (C=N–C) groups is 1. The molecule has 2 rings (SSSR count). The molecule has 4 N–H and O–H groups in total. The van der Waals surface area contributed by atoms with Crippen molar-refractivity contribution in [2.24, 2.45) is 22.4 Å². The van der Waals surface area contributed by atoms with Gasteiger partial charge in [-0.25, -0.2) is 9.18 Å². The second-order valence-corrected chi connectivity index (χ2v) is 6.14. The minimum absolute atomic E-state index is 0.0243. The summed E-state index contributed by atoms with van der Waals surface area (Å²) in [5.74, 6) is -3.36. The molecule has 1 aliphatic rings. The summed E-state index contributed by atoms with van der Waals surface area (Å²) in [6.07, 6.45) is 0. The molecule has 1 aliphatic heterocycles. The number of allylic oxidation sites excluding steroid dienone is 1. The number of carbonyl (C=O) groups is 2. The third kappa shape index (κ3) is 4.78. The first-order valence-corrected chi connectivity index (χ1v) is 8.66. The van der Waals surface area contributed by atoms with Crippen molar-refractivity contribution in [1.82, 2.24) is 0 Å². The van der Waals surface area contributed by atoms with Crippen LogP contribution in [0.1, 0.15) is 25.3 Å². The van der Waals surface area contributed by atoms with Gasteiger partial charge >= 0.3 is 11.9 Å². The second kappa shape index (κ2) is 9.38. The SMILES string of the molecule is CC1=NC(C)=C(C(=O)OCCN)C(c2cccc(F)c2)C1C(=O)OCCN. The first-order chi connectivity index (χ1) is 12.9. The van der Waals surface area contributed by atoms with E-state index in [9.17, 15) is 14.0 Å². The second-order valence-electron chi connectivity index (χ2n) is 6.14. The van der Waals surface area contributed by atoms with Crippen LogP contribution in [0, 0.1) is 11.7 Å². The van der Waals surface area contributed by atoms with Crippen LogP contribution in [0.2, 0.25) is 0 Å². The van der Waals surface area contributed by atoms with E-state index in [-0.39, 0.29) is 31.9 Å². The van der Waals surface area contributed by atoms with Crippen molar-refractivity contribution in [2.45, 2.75) is 19.8 Å². The Kier molecular flexibility index (Phi) is 7.20. The van der Waals surface area contributed by atoms with E-state index in [1.54, 1.807) is 19.9 Å². The molecule has 2 unspecified atom stereocenters. The van der Waals surface area contributed by atoms with Crippen molar-refractivity contribution in [3.63, 3.8) is 0 Å². The van der Waals surface area contributed by atoms with Crippen LogP contribution in [0.4, 0.5) is 4.39 Å². The maximum absolute atomic E-state index is 13.9. The zero-order valence-electron chi connectivity index (χ0n) is 15.4. The summed E-state index contributed by atoms with van der Waals surface area (Å²) in [5, 5.41) is 0. The molecule has 0 spiro atoms. The summed E-state index contributed by atoms with van der Waals surface area (Å²) in [7, 11) is 0. The number of hydrogen-bond donors (Lipinski definition) is 2. The lowest BCUT2D eigenvalue weighted by Crippen LogP contribution is -2.37. The highest BCUT2D eigenvalue weighted by Crippen LogP contribution is 2.40. The Balaban J connectivity index is 2.55. The normalized spacial score (nSPS) is 19.5. The molecule has 0 saturated heterocycles. The molecule has 8 heteroatoms. The molecule has 1 heterocycles. The van der Waals surface area contributed by atoms with E-state index < -0.39 is 29.6 Å². The zero-order chi connectivity index (χ0) is 20.0. The van der Waals surface area contributed by atoms with E-state index in [1.165, 1.54) is 18.2 Å². The zero-order valence-corrected chi connectivity index (χ0v) is 15.4. The number of nitrogens with two attached hydrogens (primary N) is 2. The molecule has 146 valence electrons. The standard InChI is InChI=1S/C19H24FN3O4/c1-11-15(18(24)26-8-6-21)17(13-4-3-5-14(20)10-13)16(12(2)23-11)19(25)27-9-7-22/h3-5,10,15,17H,6-9,21-22H2,1-2H3. The monoisotopic (exact) mass is 377 g/mol. The minimum Gasteiger partial charge on any atom is -0.464 e. The van der Waals surface area contributed by atoms with Crippen molar-refractivity contribution in [2.75, 3.05) is 26.3 Å². The van der Waals surface area contributed by atoms with Gasteiger partial charge in [0, 0.05) is 30.4 Å². The highest BCUT2D eigenvalue weighted by atomic mass is 19.1. The lowest BCUT2D eigenvalue weighted by Gasteiger charge is -2.31. The van der Waals surface area contributed by atoms with Crippen molar-refractivity contribution < 1.29 is 23.5 Å². The molecule has 1 aromatic carbocycles. The van der Waals surface area contributed by atoms with Gasteiger partial charge in [-0.05, 0) is 31.5 Å². The van der Waals surface area contributed by atoms with E-state index in [2.05, 4.69) is 4.99 Å². The van der Waals surface area contributed by atoms with Gasteiger partial charge in [0.1, 0.15) is 24.9 Å². The first kappa shape index (κ1) is 20.7. The predicted octanol–water partition coefficient (Wildman–Crippen LogP) is 1.28. The highest BCUT2D eigenvalue weighted by molar-refractivity contribution is 6.07. The lowest BCUT2D eigenvalue weighted by molar-refractivity contribution is -0.146. The highest BCUT2D eigenvalue weighted by Gasteiger charge is 2.42. The van der Waals surface area contributed by atoms with Crippen LogP contribution in [0.25, 0.3) is 0 Å². The van der Waals surface area contributed by atoms with E-state index >= 15 is 0 Å². The molecule has 0 aliphatic carbocycles. The summed E-state index contributed by atoms with van der Waals surface area (Å²) >= 11 is 0. The van der Waals surface area contributed by atoms with Gasteiger partial charge in [-0.1, -0.05) is 12.1 Å². The quantitative estimate of drug-likeness (QED) is 0.691. The Morgan fingerprint density at radius 3 is 2.44 bits per heavy atom. The maximum atomic E-state index is 13.9. The Labute approximate surface area is 157 Å². The van der Waals surface area contributed by atoms with Crippen LogP contribution in [-0.2, 0) is 19.1 Å². The van der Waals surface area contributed by atoms with E-state index in [0.717, 1.165) is 0 Å². The summed E-state index contributed by atoms with van der Waals surface area (Å²) in [6, 6.07) is 5.75. The van der Waals surface area contributed by atoms with Gasteiger partial charge in [0.25, 0.3) is 0 Å². The molecule has 0 fully saturated rings. The number of rotatable bonds is 7. The van der Waals surface area contributed by atoms with Crippen molar-refractivity contribution >= 4 is 17.7 Å². The number of halogens is 1. The number of hydrogen-bond acceptors (Lipinski definition) is 7. The van der Waals surface area contributed by atoms with Gasteiger partial charge in [-0.3, -0.25) is 9.79 Å². The average molecular weight is 377 g/mol. The molecule has 27 heavy (non-hydrogen) atoms. The van der Waals surface area contributed by atoms with Crippen LogP contribution < -0.4 is 11.5 Å². The van der Waals surface area contributed by atoms with Crippen molar-refractivity contribution in [1.29, 1.82) is 0 Å². The fraction of sp³-hybridized carbons (Fsp3) is 0.421. The molecule has 0 amide bonds. The smallest absolute Gasteiger partial charge is 0.336 e. The van der Waals surface area contributed by atoms with Gasteiger partial charge in [0.15, 0.2) is 0 Å². The van der Waals surface area contributed by atoms with Crippen LogP contribution in [0.3, 0.4) is 0 Å². The Morgan fingerprint density at radius 1 is 1.15 bits per heavy atom. The predicted molar refractivity (Wildman–Crippen MR) is 98.5 cm³/mol. The summed E-state index contributed by atoms with van der Waals surface area (Å²) in [6.45, 7) is 3.71. The maximum Gasteiger partial charge on any atom is 0.336 e. The third-order valence-electron chi connectivity index (χ3n) is 4.22. The third-order valence-corrected chi connectivity index (χ3v) is 4.22. The number of ether oxygens (including phenoxy) is 2. The molecular weight excluding hydrogens is 353 g/mol. The Morgan fingerprint density at radius 2 is 1.81 bits per heavy atom. The van der Waals surface area contributed by atoms with Gasteiger partial charge in [-0.2, -0.15) is 0 Å². The molecule has 1 aromatic rings. The van der Waals surface area contributed by atoms with E-state index in [0.29, 0.717) is 17.0 Å². The molecular formula is C19H24FN3O4. The number of nitrogens with zero attached hydrogens (tertiary/aromatic N) is 1. The van der Waals surface area contributed by atoms with Crippen LogP contribution in [0.15, 0.2) is 40.5 Å². The van der Waals surface area contributed by atoms with E-state index in [1.807, 2.05) is 0 Å². The van der Waals surface area contributed by atoms with Crippen LogP contribution in [-0.4, -0.2) is 44.0 Å². The largest absolute Gasteiger partial charge is 0.464 e. The number of benzene rings is 1. The fourth-order valence-corrected chi connectivity index (χ4v) is 3.15. The molecule has 2 atom stereocenters. The minimum atomic E-state index is -0.887. The number of esters is 2. The molecule has 7 nitrogen and oxygen atoms in total. The Bertz CT molecular complexity index is 776. The molecule has 0 radical (unpaired) electrons. The van der Waals surface area contributed by atoms with Crippen LogP contribution >= 0.6 is 0 Å². The van der Waals surface area contributed by atoms with Gasteiger partial charge in [0.05, 0.1) is 5.57 Å². The first-order valence-electron chi connectivity index (χ1n) is 8.66. The van der Waals surface area contributed by atoms with Crippen LogP contribution in [0.5, 0.6) is 0 Å². The fourth-order valence-electron chi connectivity index (χ4n) is 3.15. The summed E-state index contributed by atoms with van der Waals surface area (Å²) in [5.41, 5.74) is 12.3. The van der Waals surface area contributed by atoms with Gasteiger partial charge in [0.2, 0.25) is 0 Å². The lowest BCUT2D eigenvalue weighted by atomic mass is 9.75. The van der Waals surface area contributed by atoms with Gasteiger partial charge < -0.3 is 20.9 Å². The van der Waals surface area contributed by atoms with Crippen molar-refractivity contribution in [3.8, 4) is 0 Å². The molecule has 0 aromatic heterocycles. The summed E-state index contributed by atoms with van der Waals surface area (Å²) in [4.78, 5) is 29.7. The van der Waals surface area contributed by atoms with Crippen molar-refractivity contribution in [3.05, 3.63) is 46.9 Å². The average Bonchev–Trinajstić information content (AvgIpc) is 2.63.